The molecule has 30 heavy (non-hydrogen) atoms. The first-order valence-corrected chi connectivity index (χ1v) is 11.2. The molecule has 3 rings (SSSR count). The van der Waals surface area contributed by atoms with E-state index in [2.05, 4.69) is 54.8 Å². The van der Waals surface area contributed by atoms with Gasteiger partial charge in [-0.1, -0.05) is 55.8 Å². The summed E-state index contributed by atoms with van der Waals surface area (Å²) in [6.07, 6.45) is 4.04. The van der Waals surface area contributed by atoms with Crippen molar-refractivity contribution in [3.63, 3.8) is 0 Å². The summed E-state index contributed by atoms with van der Waals surface area (Å²) >= 11 is 0. The molecule has 0 radical (unpaired) electrons. The highest BCUT2D eigenvalue weighted by atomic mass is 16.5. The lowest BCUT2D eigenvalue weighted by Crippen LogP contribution is -2.54. The van der Waals surface area contributed by atoms with Crippen LogP contribution >= 0.6 is 0 Å². The van der Waals surface area contributed by atoms with Gasteiger partial charge in [-0.15, -0.1) is 0 Å². The fourth-order valence-corrected chi connectivity index (χ4v) is 4.28. The molecular weight excluding hydrogens is 372 g/mol. The Morgan fingerprint density at radius 1 is 1.07 bits per heavy atom. The number of nitrogens with zero attached hydrogens (tertiary/aromatic N) is 2. The van der Waals surface area contributed by atoms with Gasteiger partial charge in [-0.25, -0.2) is 0 Å². The van der Waals surface area contributed by atoms with E-state index in [0.717, 1.165) is 30.8 Å². The van der Waals surface area contributed by atoms with Crippen LogP contribution in [0.25, 0.3) is 0 Å². The van der Waals surface area contributed by atoms with Gasteiger partial charge in [0.2, 0.25) is 5.91 Å². The first kappa shape index (κ1) is 22.4. The summed E-state index contributed by atoms with van der Waals surface area (Å²) in [4.78, 5) is 18.2. The molecule has 2 aromatic rings. The molecule has 4 heteroatoms. The minimum atomic E-state index is 0.174. The third-order valence-corrected chi connectivity index (χ3v) is 5.85. The summed E-state index contributed by atoms with van der Waals surface area (Å²) < 4.78 is 5.25. The third-order valence-electron chi connectivity index (χ3n) is 5.85. The van der Waals surface area contributed by atoms with Gasteiger partial charge in [0.1, 0.15) is 5.75 Å². The summed E-state index contributed by atoms with van der Waals surface area (Å²) in [7, 11) is 1.66. The molecule has 1 amide bonds. The molecule has 0 aliphatic carbocycles. The number of rotatable bonds is 8. The SMILES string of the molecule is COc1ccc(CC(=O)N(Cc2ccc(C)cc2)C2CCCCN2CC(C)C)cc1. The van der Waals surface area contributed by atoms with E-state index in [-0.39, 0.29) is 12.1 Å². The second kappa shape index (κ2) is 10.6. The monoisotopic (exact) mass is 408 g/mol. The van der Waals surface area contributed by atoms with Crippen molar-refractivity contribution in [2.45, 2.75) is 59.2 Å². The molecule has 0 spiro atoms. The van der Waals surface area contributed by atoms with Crippen LogP contribution in [0.1, 0.15) is 49.8 Å². The lowest BCUT2D eigenvalue weighted by Gasteiger charge is -2.43. The average molecular weight is 409 g/mol. The van der Waals surface area contributed by atoms with Crippen LogP contribution in [-0.4, -0.2) is 42.1 Å². The molecule has 0 aromatic heterocycles. The van der Waals surface area contributed by atoms with E-state index >= 15 is 0 Å². The van der Waals surface area contributed by atoms with Gasteiger partial charge in [0.25, 0.3) is 0 Å². The first-order chi connectivity index (χ1) is 14.5. The van der Waals surface area contributed by atoms with Crippen molar-refractivity contribution in [2.75, 3.05) is 20.2 Å². The predicted octanol–water partition coefficient (Wildman–Crippen LogP) is 5.04. The number of hydrogen-bond donors (Lipinski definition) is 0. The largest absolute Gasteiger partial charge is 0.497 e. The maximum atomic E-state index is 13.5. The molecule has 1 aliphatic heterocycles. The van der Waals surface area contributed by atoms with Crippen molar-refractivity contribution in [3.8, 4) is 5.75 Å². The molecule has 162 valence electrons. The molecule has 1 heterocycles. The highest BCUT2D eigenvalue weighted by molar-refractivity contribution is 5.79. The summed E-state index contributed by atoms with van der Waals surface area (Å²) in [6.45, 7) is 9.38. The molecule has 0 N–H and O–H groups in total. The first-order valence-electron chi connectivity index (χ1n) is 11.2. The van der Waals surface area contributed by atoms with Crippen LogP contribution in [0.3, 0.4) is 0 Å². The van der Waals surface area contributed by atoms with Crippen molar-refractivity contribution in [2.24, 2.45) is 5.92 Å². The van der Waals surface area contributed by atoms with Crippen LogP contribution in [0.2, 0.25) is 0 Å². The number of piperidine rings is 1. The number of carbonyl (C=O) groups excluding carboxylic acids is 1. The van der Waals surface area contributed by atoms with Gasteiger partial charge in [-0.2, -0.15) is 0 Å². The van der Waals surface area contributed by atoms with Gasteiger partial charge in [0, 0.05) is 19.6 Å². The number of methoxy groups -OCH3 is 1. The van der Waals surface area contributed by atoms with Crippen molar-refractivity contribution in [3.05, 3.63) is 65.2 Å². The molecule has 1 fully saturated rings. The number of aryl methyl sites for hydroxylation is 1. The fourth-order valence-electron chi connectivity index (χ4n) is 4.28. The maximum absolute atomic E-state index is 13.5. The number of ether oxygens (including phenoxy) is 1. The second-order valence-electron chi connectivity index (χ2n) is 8.90. The average Bonchev–Trinajstić information content (AvgIpc) is 2.74. The van der Waals surface area contributed by atoms with Crippen molar-refractivity contribution in [1.29, 1.82) is 0 Å². The van der Waals surface area contributed by atoms with E-state index in [1.165, 1.54) is 24.0 Å². The van der Waals surface area contributed by atoms with Gasteiger partial charge in [-0.05, 0) is 55.4 Å². The highest BCUT2D eigenvalue weighted by Crippen LogP contribution is 2.25. The van der Waals surface area contributed by atoms with Crippen molar-refractivity contribution < 1.29 is 9.53 Å². The lowest BCUT2D eigenvalue weighted by molar-refractivity contribution is -0.140. The number of hydrogen-bond acceptors (Lipinski definition) is 3. The number of likely N-dealkylation sites (tertiary alicyclic amines) is 1. The molecule has 2 aromatic carbocycles. The van der Waals surface area contributed by atoms with Crippen LogP contribution < -0.4 is 4.74 Å². The molecule has 1 unspecified atom stereocenters. The number of amides is 1. The highest BCUT2D eigenvalue weighted by Gasteiger charge is 2.31. The zero-order valence-corrected chi connectivity index (χ0v) is 18.9. The summed E-state index contributed by atoms with van der Waals surface area (Å²) in [5.74, 6) is 1.60. The van der Waals surface area contributed by atoms with Crippen molar-refractivity contribution in [1.82, 2.24) is 9.80 Å². The van der Waals surface area contributed by atoms with Crippen LogP contribution in [0.4, 0.5) is 0 Å². The number of carbonyl (C=O) groups is 1. The standard InChI is InChI=1S/C26H36N2O2/c1-20(2)18-27-16-6-5-7-25(27)28(19-23-10-8-21(3)9-11-23)26(29)17-22-12-14-24(30-4)15-13-22/h8-15,20,25H,5-7,16-19H2,1-4H3. The molecular formula is C26H36N2O2. The minimum absolute atomic E-state index is 0.174. The van der Waals surface area contributed by atoms with E-state index < -0.39 is 0 Å². The number of benzene rings is 2. The normalized spacial score (nSPS) is 17.2. The van der Waals surface area contributed by atoms with Crippen LogP contribution in [0, 0.1) is 12.8 Å². The van der Waals surface area contributed by atoms with Gasteiger partial charge in [-0.3, -0.25) is 9.69 Å². The second-order valence-corrected chi connectivity index (χ2v) is 8.90. The van der Waals surface area contributed by atoms with Gasteiger partial charge < -0.3 is 9.64 Å². The zero-order chi connectivity index (χ0) is 21.5. The fraction of sp³-hybridized carbons (Fsp3) is 0.500. The Hall–Kier alpha value is -2.33. The van der Waals surface area contributed by atoms with Crippen LogP contribution in [-0.2, 0) is 17.8 Å². The molecule has 1 saturated heterocycles. The topological polar surface area (TPSA) is 32.8 Å². The summed E-state index contributed by atoms with van der Waals surface area (Å²) in [6, 6.07) is 16.4. The van der Waals surface area contributed by atoms with Crippen LogP contribution in [0.5, 0.6) is 5.75 Å². The van der Waals surface area contributed by atoms with E-state index in [9.17, 15) is 4.79 Å². The molecule has 4 nitrogen and oxygen atoms in total. The summed E-state index contributed by atoms with van der Waals surface area (Å²) in [5.41, 5.74) is 3.47. The third kappa shape index (κ3) is 6.09. The van der Waals surface area contributed by atoms with Gasteiger partial charge in [0.05, 0.1) is 19.7 Å². The molecule has 0 saturated carbocycles. The van der Waals surface area contributed by atoms with E-state index in [1.54, 1.807) is 7.11 Å². The smallest absolute Gasteiger partial charge is 0.228 e. The predicted molar refractivity (Wildman–Crippen MR) is 122 cm³/mol. The van der Waals surface area contributed by atoms with E-state index in [4.69, 9.17) is 4.74 Å². The van der Waals surface area contributed by atoms with Crippen LogP contribution in [0.15, 0.2) is 48.5 Å². The van der Waals surface area contributed by atoms with Crippen molar-refractivity contribution >= 4 is 5.91 Å². The quantitative estimate of drug-likeness (QED) is 0.613. The maximum Gasteiger partial charge on any atom is 0.228 e. The van der Waals surface area contributed by atoms with Gasteiger partial charge in [0.15, 0.2) is 0 Å². The van der Waals surface area contributed by atoms with Gasteiger partial charge >= 0.3 is 0 Å². The molecule has 1 aliphatic rings. The Labute approximate surface area is 181 Å². The van der Waals surface area contributed by atoms with E-state index in [1.807, 2.05) is 24.3 Å². The summed E-state index contributed by atoms with van der Waals surface area (Å²) in [5, 5.41) is 0. The molecule has 0 bridgehead atoms. The minimum Gasteiger partial charge on any atom is -0.497 e. The Morgan fingerprint density at radius 2 is 1.73 bits per heavy atom. The molecule has 1 atom stereocenters. The zero-order valence-electron chi connectivity index (χ0n) is 18.9. The Kier molecular flexibility index (Phi) is 7.92. The Bertz CT molecular complexity index is 799. The Balaban J connectivity index is 1.82. The Morgan fingerprint density at radius 3 is 2.37 bits per heavy atom. The lowest BCUT2D eigenvalue weighted by atomic mass is 10.0. The van der Waals surface area contributed by atoms with E-state index in [0.29, 0.717) is 18.9 Å².